The average Bonchev–Trinajstić information content (AvgIpc) is 2.75. The maximum atomic E-state index is 13.2. The van der Waals surface area contributed by atoms with Crippen molar-refractivity contribution in [3.63, 3.8) is 0 Å². The van der Waals surface area contributed by atoms with Crippen molar-refractivity contribution in [2.45, 2.75) is 64.1 Å². The Hall–Kier alpha value is -1.85. The van der Waals surface area contributed by atoms with Gasteiger partial charge in [-0.3, -0.25) is 9.59 Å². The molecule has 1 saturated carbocycles. The van der Waals surface area contributed by atoms with Gasteiger partial charge >= 0.3 is 0 Å². The lowest BCUT2D eigenvalue weighted by molar-refractivity contribution is -0.140. The van der Waals surface area contributed by atoms with E-state index in [0.717, 1.165) is 41.3 Å². The second-order valence-corrected chi connectivity index (χ2v) is 9.32. The van der Waals surface area contributed by atoms with Crippen LogP contribution >= 0.6 is 27.5 Å². The number of carbonyl (C=O) groups excluding carboxylic acids is 2. The van der Waals surface area contributed by atoms with Crippen molar-refractivity contribution in [1.29, 1.82) is 0 Å². The predicted octanol–water partition coefficient (Wildman–Crippen LogP) is 5.51. The largest absolute Gasteiger partial charge is 0.352 e. The van der Waals surface area contributed by atoms with Crippen molar-refractivity contribution in [1.82, 2.24) is 10.2 Å². The normalized spacial score (nSPS) is 15.4. The SMILES string of the molecule is CC(C(=O)NC1CCCCC1)N(Cc1ccc(Br)cc1)C(=O)Cc1ccc(Cl)cc1. The van der Waals surface area contributed by atoms with Crippen LogP contribution in [0.4, 0.5) is 0 Å². The summed E-state index contributed by atoms with van der Waals surface area (Å²) in [7, 11) is 0. The molecule has 1 unspecified atom stereocenters. The summed E-state index contributed by atoms with van der Waals surface area (Å²) in [4.78, 5) is 27.9. The van der Waals surface area contributed by atoms with Crippen LogP contribution in [0.25, 0.3) is 0 Å². The first-order valence-electron chi connectivity index (χ1n) is 10.5. The van der Waals surface area contributed by atoms with Crippen molar-refractivity contribution in [3.8, 4) is 0 Å². The van der Waals surface area contributed by atoms with Gasteiger partial charge in [-0.1, -0.05) is 71.1 Å². The van der Waals surface area contributed by atoms with E-state index in [9.17, 15) is 9.59 Å². The van der Waals surface area contributed by atoms with E-state index in [-0.39, 0.29) is 24.3 Å². The molecule has 2 aromatic carbocycles. The number of rotatable bonds is 7. The molecule has 6 heteroatoms. The van der Waals surface area contributed by atoms with E-state index in [4.69, 9.17) is 11.6 Å². The highest BCUT2D eigenvalue weighted by Crippen LogP contribution is 2.19. The Labute approximate surface area is 192 Å². The van der Waals surface area contributed by atoms with E-state index in [0.29, 0.717) is 11.6 Å². The van der Waals surface area contributed by atoms with Gasteiger partial charge in [-0.05, 0) is 55.2 Å². The minimum absolute atomic E-state index is 0.0773. The van der Waals surface area contributed by atoms with Crippen LogP contribution in [0.3, 0.4) is 0 Å². The van der Waals surface area contributed by atoms with Crippen LogP contribution in [0.2, 0.25) is 5.02 Å². The predicted molar refractivity (Wildman–Crippen MR) is 124 cm³/mol. The number of amides is 2. The molecule has 0 saturated heterocycles. The number of hydrogen-bond donors (Lipinski definition) is 1. The van der Waals surface area contributed by atoms with Crippen LogP contribution in [-0.4, -0.2) is 28.8 Å². The van der Waals surface area contributed by atoms with E-state index in [1.807, 2.05) is 43.3 Å². The van der Waals surface area contributed by atoms with Crippen molar-refractivity contribution < 1.29 is 9.59 Å². The fourth-order valence-electron chi connectivity index (χ4n) is 3.82. The minimum Gasteiger partial charge on any atom is -0.352 e. The summed E-state index contributed by atoms with van der Waals surface area (Å²) in [5.74, 6) is -0.157. The topological polar surface area (TPSA) is 49.4 Å². The van der Waals surface area contributed by atoms with Gasteiger partial charge in [0.1, 0.15) is 6.04 Å². The fourth-order valence-corrected chi connectivity index (χ4v) is 4.21. The number of halogens is 2. The Morgan fingerprint density at radius 2 is 1.63 bits per heavy atom. The third kappa shape index (κ3) is 6.58. The molecule has 30 heavy (non-hydrogen) atoms. The van der Waals surface area contributed by atoms with Gasteiger partial charge in [0, 0.05) is 22.1 Å². The Morgan fingerprint density at radius 1 is 1.03 bits per heavy atom. The smallest absolute Gasteiger partial charge is 0.242 e. The number of benzene rings is 2. The second kappa shape index (κ2) is 11.0. The first-order chi connectivity index (χ1) is 14.4. The summed E-state index contributed by atoms with van der Waals surface area (Å²) >= 11 is 9.41. The molecule has 2 aromatic rings. The maximum absolute atomic E-state index is 13.2. The van der Waals surface area contributed by atoms with Gasteiger partial charge in [0.2, 0.25) is 11.8 Å². The summed E-state index contributed by atoms with van der Waals surface area (Å²) in [5.41, 5.74) is 1.87. The molecule has 2 amide bonds. The van der Waals surface area contributed by atoms with Gasteiger partial charge in [-0.2, -0.15) is 0 Å². The highest BCUT2D eigenvalue weighted by Gasteiger charge is 2.28. The molecule has 0 heterocycles. The molecule has 0 aliphatic heterocycles. The van der Waals surface area contributed by atoms with Crippen molar-refractivity contribution in [2.24, 2.45) is 0 Å². The van der Waals surface area contributed by atoms with E-state index in [1.165, 1.54) is 6.42 Å². The molecule has 0 bridgehead atoms. The van der Waals surface area contributed by atoms with Crippen LogP contribution in [0.5, 0.6) is 0 Å². The van der Waals surface area contributed by atoms with Crippen LogP contribution in [0.1, 0.15) is 50.2 Å². The summed E-state index contributed by atoms with van der Waals surface area (Å²) in [6.45, 7) is 2.20. The zero-order valence-electron chi connectivity index (χ0n) is 17.2. The molecule has 0 aromatic heterocycles. The first-order valence-corrected chi connectivity index (χ1v) is 11.7. The Bertz CT molecular complexity index is 849. The van der Waals surface area contributed by atoms with Crippen LogP contribution in [0.15, 0.2) is 53.0 Å². The molecule has 4 nitrogen and oxygen atoms in total. The number of nitrogens with one attached hydrogen (secondary N) is 1. The minimum atomic E-state index is -0.546. The molecule has 1 atom stereocenters. The van der Waals surface area contributed by atoms with Gasteiger partial charge in [0.05, 0.1) is 6.42 Å². The number of hydrogen-bond acceptors (Lipinski definition) is 2. The number of carbonyl (C=O) groups is 2. The lowest BCUT2D eigenvalue weighted by atomic mass is 9.95. The monoisotopic (exact) mass is 490 g/mol. The van der Waals surface area contributed by atoms with Crippen LogP contribution in [-0.2, 0) is 22.6 Å². The fraction of sp³-hybridized carbons (Fsp3) is 0.417. The molecule has 160 valence electrons. The molecule has 0 spiro atoms. The van der Waals surface area contributed by atoms with Gasteiger partial charge in [-0.15, -0.1) is 0 Å². The van der Waals surface area contributed by atoms with Crippen molar-refractivity contribution >= 4 is 39.3 Å². The average molecular weight is 492 g/mol. The molecule has 1 aliphatic rings. The zero-order chi connectivity index (χ0) is 21.5. The molecule has 1 N–H and O–H groups in total. The zero-order valence-corrected chi connectivity index (χ0v) is 19.6. The Kier molecular flexibility index (Phi) is 8.34. The molecule has 1 aliphatic carbocycles. The second-order valence-electron chi connectivity index (χ2n) is 7.97. The molecular formula is C24H28BrClN2O2. The molecule has 0 radical (unpaired) electrons. The summed E-state index contributed by atoms with van der Waals surface area (Å²) < 4.78 is 0.980. The van der Waals surface area contributed by atoms with Crippen molar-refractivity contribution in [3.05, 3.63) is 69.2 Å². The molecular weight excluding hydrogens is 464 g/mol. The first kappa shape index (κ1) is 22.8. The summed E-state index contributed by atoms with van der Waals surface area (Å²) in [6, 6.07) is 14.8. The third-order valence-electron chi connectivity index (χ3n) is 5.65. The van der Waals surface area contributed by atoms with Gasteiger partial charge in [0.15, 0.2) is 0 Å². The van der Waals surface area contributed by atoms with Crippen LogP contribution in [0, 0.1) is 0 Å². The molecule has 1 fully saturated rings. The highest BCUT2D eigenvalue weighted by molar-refractivity contribution is 9.10. The Balaban J connectivity index is 1.74. The number of nitrogens with zero attached hydrogens (tertiary/aromatic N) is 1. The molecule has 3 rings (SSSR count). The lowest BCUT2D eigenvalue weighted by Crippen LogP contribution is -2.50. The standard InChI is InChI=1S/C24H28BrClN2O2/c1-17(24(30)27-22-5-3-2-4-6-22)28(16-19-7-11-20(25)12-8-19)23(29)15-18-9-13-21(26)14-10-18/h7-14,17,22H,2-6,15-16H2,1H3,(H,27,30). The van der Waals surface area contributed by atoms with E-state index >= 15 is 0 Å². The lowest BCUT2D eigenvalue weighted by Gasteiger charge is -2.31. The maximum Gasteiger partial charge on any atom is 0.242 e. The van der Waals surface area contributed by atoms with Gasteiger partial charge in [-0.25, -0.2) is 0 Å². The Morgan fingerprint density at radius 3 is 2.27 bits per heavy atom. The van der Waals surface area contributed by atoms with Gasteiger partial charge < -0.3 is 10.2 Å². The summed E-state index contributed by atoms with van der Waals surface area (Å²) in [5, 5.41) is 3.80. The highest BCUT2D eigenvalue weighted by atomic mass is 79.9. The third-order valence-corrected chi connectivity index (χ3v) is 6.43. The summed E-state index contributed by atoms with van der Waals surface area (Å²) in [6.07, 6.45) is 5.80. The van der Waals surface area contributed by atoms with E-state index in [1.54, 1.807) is 17.0 Å². The quantitative estimate of drug-likeness (QED) is 0.555. The van der Waals surface area contributed by atoms with Crippen molar-refractivity contribution in [2.75, 3.05) is 0 Å². The van der Waals surface area contributed by atoms with Crippen LogP contribution < -0.4 is 5.32 Å². The van der Waals surface area contributed by atoms with Gasteiger partial charge in [0.25, 0.3) is 0 Å². The van der Waals surface area contributed by atoms with E-state index in [2.05, 4.69) is 21.2 Å². The van der Waals surface area contributed by atoms with E-state index < -0.39 is 6.04 Å².